The summed E-state index contributed by atoms with van der Waals surface area (Å²) in [6.45, 7) is 5.53. The number of halogens is 1. The third-order valence-corrected chi connectivity index (χ3v) is 4.54. The fourth-order valence-corrected chi connectivity index (χ4v) is 2.68. The minimum absolute atomic E-state index is 0.113. The van der Waals surface area contributed by atoms with E-state index in [9.17, 15) is 9.35 Å². The van der Waals surface area contributed by atoms with Crippen LogP contribution in [0.1, 0.15) is 38.8 Å². The Morgan fingerprint density at radius 1 is 1.53 bits per heavy atom. The van der Waals surface area contributed by atoms with Crippen molar-refractivity contribution >= 4 is 33.3 Å². The molecule has 0 heterocycles. The number of carbonyl (C=O) groups is 1. The molecule has 0 spiro atoms. The number of benzene rings is 1. The molecule has 0 fully saturated rings. The van der Waals surface area contributed by atoms with Gasteiger partial charge < -0.3 is 9.66 Å². The van der Waals surface area contributed by atoms with Crippen molar-refractivity contribution in [1.82, 2.24) is 4.72 Å². The molecule has 1 aromatic carbocycles. The van der Waals surface area contributed by atoms with Crippen molar-refractivity contribution in [2.75, 3.05) is 0 Å². The van der Waals surface area contributed by atoms with Gasteiger partial charge >= 0.3 is 5.97 Å². The van der Waals surface area contributed by atoms with Gasteiger partial charge in [-0.2, -0.15) is 0 Å². The van der Waals surface area contributed by atoms with Gasteiger partial charge in [-0.25, -0.2) is 0 Å². The van der Waals surface area contributed by atoms with Gasteiger partial charge in [0.1, 0.15) is 4.75 Å². The molecular weight excluding hydrogens is 330 g/mol. The minimum Gasteiger partial charge on any atom is -0.598 e. The summed E-state index contributed by atoms with van der Waals surface area (Å²) in [5, 5.41) is 8.98. The second-order valence-electron chi connectivity index (χ2n) is 5.20. The van der Waals surface area contributed by atoms with Crippen LogP contribution in [0, 0.1) is 0 Å². The molecule has 0 aliphatic carbocycles. The second kappa shape index (κ2) is 6.74. The van der Waals surface area contributed by atoms with Crippen LogP contribution in [0.2, 0.25) is 0 Å². The van der Waals surface area contributed by atoms with Crippen LogP contribution in [-0.4, -0.2) is 20.4 Å². The molecule has 0 aliphatic heterocycles. The van der Waals surface area contributed by atoms with E-state index in [0.717, 1.165) is 10.0 Å². The summed E-state index contributed by atoms with van der Waals surface area (Å²) in [6.07, 6.45) is -0.113. The van der Waals surface area contributed by atoms with E-state index in [1.807, 2.05) is 45.0 Å². The summed E-state index contributed by atoms with van der Waals surface area (Å²) in [6, 6.07) is 6.87. The maximum absolute atomic E-state index is 12.1. The van der Waals surface area contributed by atoms with Gasteiger partial charge in [-0.05, 0) is 38.5 Å². The summed E-state index contributed by atoms with van der Waals surface area (Å²) >= 11 is 2.03. The fourth-order valence-electron chi connectivity index (χ4n) is 1.43. The van der Waals surface area contributed by atoms with Gasteiger partial charge in [-0.1, -0.05) is 28.1 Å². The number of hydrogen-bond donors (Lipinski definition) is 2. The van der Waals surface area contributed by atoms with E-state index in [2.05, 4.69) is 20.7 Å². The zero-order valence-corrected chi connectivity index (χ0v) is 13.5. The van der Waals surface area contributed by atoms with Crippen molar-refractivity contribution in [2.24, 2.45) is 0 Å². The molecule has 0 bridgehead atoms. The summed E-state index contributed by atoms with van der Waals surface area (Å²) in [5.41, 5.74) is 0.800. The van der Waals surface area contributed by atoms with Gasteiger partial charge in [0, 0.05) is 15.8 Å². The Balaban J connectivity index is 2.92. The monoisotopic (exact) mass is 347 g/mol. The molecule has 0 saturated carbocycles. The standard InChI is InChI=1S/C13H18BrNO3S/c1-13(2,3)19(18)15-11(8-12(16)17)9-5-4-6-10(14)7-9/h4-7,11,15H,8H2,1-3H3,(H,16,17)/t11?,19-/m0/s1. The average molecular weight is 348 g/mol. The lowest BCUT2D eigenvalue weighted by atomic mass is 10.1. The number of hydrogen-bond acceptors (Lipinski definition) is 3. The summed E-state index contributed by atoms with van der Waals surface area (Å²) in [4.78, 5) is 10.9. The Kier molecular flexibility index (Phi) is 5.85. The van der Waals surface area contributed by atoms with Crippen LogP contribution >= 0.6 is 15.9 Å². The Morgan fingerprint density at radius 2 is 2.16 bits per heavy atom. The topological polar surface area (TPSA) is 72.4 Å². The third-order valence-electron chi connectivity index (χ3n) is 2.44. The van der Waals surface area contributed by atoms with Crippen LogP contribution in [-0.2, 0) is 16.2 Å². The maximum Gasteiger partial charge on any atom is 0.305 e. The second-order valence-corrected chi connectivity index (χ2v) is 8.12. The van der Waals surface area contributed by atoms with E-state index in [1.54, 1.807) is 0 Å². The molecule has 6 heteroatoms. The molecule has 0 aromatic heterocycles. The Hall–Kier alpha value is -0.560. The lowest BCUT2D eigenvalue weighted by Gasteiger charge is -2.27. The molecule has 1 aromatic rings. The van der Waals surface area contributed by atoms with Crippen molar-refractivity contribution in [1.29, 1.82) is 0 Å². The lowest BCUT2D eigenvalue weighted by Crippen LogP contribution is -2.41. The summed E-state index contributed by atoms with van der Waals surface area (Å²) in [7, 11) is 0. The highest BCUT2D eigenvalue weighted by Crippen LogP contribution is 2.24. The van der Waals surface area contributed by atoms with Gasteiger partial charge in [-0.3, -0.25) is 4.79 Å². The van der Waals surface area contributed by atoms with Crippen LogP contribution in [0.5, 0.6) is 0 Å². The molecule has 0 radical (unpaired) electrons. The number of aliphatic carboxylic acids is 1. The smallest absolute Gasteiger partial charge is 0.305 e. The molecule has 1 rings (SSSR count). The molecule has 1 unspecified atom stereocenters. The van der Waals surface area contributed by atoms with Gasteiger partial charge in [-0.15, -0.1) is 4.72 Å². The Morgan fingerprint density at radius 3 is 2.63 bits per heavy atom. The molecule has 106 valence electrons. The normalized spacial score (nSPS) is 15.0. The zero-order chi connectivity index (χ0) is 14.6. The van der Waals surface area contributed by atoms with E-state index in [1.165, 1.54) is 0 Å². The number of carboxylic acid groups (broad SMARTS) is 1. The molecule has 0 saturated heterocycles. The number of nitrogens with one attached hydrogen (secondary N) is 1. The number of rotatable bonds is 5. The van der Waals surface area contributed by atoms with Crippen molar-refractivity contribution in [3.8, 4) is 0 Å². The minimum atomic E-state index is -1.32. The van der Waals surface area contributed by atoms with Crippen molar-refractivity contribution in [3.05, 3.63) is 34.3 Å². The summed E-state index contributed by atoms with van der Waals surface area (Å²) < 4.78 is 15.4. The quantitative estimate of drug-likeness (QED) is 0.803. The van der Waals surface area contributed by atoms with E-state index >= 15 is 0 Å². The molecule has 0 amide bonds. The molecule has 0 aliphatic rings. The molecule has 2 N–H and O–H groups in total. The highest BCUT2D eigenvalue weighted by Gasteiger charge is 2.30. The maximum atomic E-state index is 12.1. The van der Waals surface area contributed by atoms with Gasteiger partial charge in [0.05, 0.1) is 12.5 Å². The van der Waals surface area contributed by atoms with Crippen LogP contribution in [0.3, 0.4) is 0 Å². The highest BCUT2D eigenvalue weighted by molar-refractivity contribution is 9.10. The Labute approximate surface area is 125 Å². The predicted octanol–water partition coefficient (Wildman–Crippen LogP) is 3.02. The van der Waals surface area contributed by atoms with Gasteiger partial charge in [0.2, 0.25) is 0 Å². The number of carboxylic acids is 1. The van der Waals surface area contributed by atoms with Gasteiger partial charge in [0.15, 0.2) is 0 Å². The first-order chi connectivity index (χ1) is 8.70. The van der Waals surface area contributed by atoms with Crippen LogP contribution in [0.4, 0.5) is 0 Å². The highest BCUT2D eigenvalue weighted by atomic mass is 79.9. The van der Waals surface area contributed by atoms with Crippen molar-refractivity contribution < 1.29 is 14.5 Å². The Bertz CT molecular complexity index is 448. The van der Waals surface area contributed by atoms with Crippen molar-refractivity contribution in [2.45, 2.75) is 38.0 Å². The average Bonchev–Trinajstić information content (AvgIpc) is 2.26. The van der Waals surface area contributed by atoms with E-state index in [4.69, 9.17) is 5.11 Å². The van der Waals surface area contributed by atoms with E-state index in [-0.39, 0.29) is 6.42 Å². The van der Waals surface area contributed by atoms with Crippen LogP contribution in [0.25, 0.3) is 0 Å². The van der Waals surface area contributed by atoms with Crippen LogP contribution < -0.4 is 4.72 Å². The first kappa shape index (κ1) is 16.5. The van der Waals surface area contributed by atoms with E-state index in [0.29, 0.717) is 0 Å². The lowest BCUT2D eigenvalue weighted by molar-refractivity contribution is -0.137. The first-order valence-electron chi connectivity index (χ1n) is 5.85. The largest absolute Gasteiger partial charge is 0.598 e. The van der Waals surface area contributed by atoms with E-state index < -0.39 is 28.1 Å². The van der Waals surface area contributed by atoms with Crippen LogP contribution in [0.15, 0.2) is 28.7 Å². The zero-order valence-electron chi connectivity index (χ0n) is 11.1. The third kappa shape index (κ3) is 5.52. The van der Waals surface area contributed by atoms with Gasteiger partial charge in [0.25, 0.3) is 0 Å². The molecule has 4 nitrogen and oxygen atoms in total. The molecule has 19 heavy (non-hydrogen) atoms. The van der Waals surface area contributed by atoms with Crippen molar-refractivity contribution in [3.63, 3.8) is 0 Å². The summed E-state index contributed by atoms with van der Waals surface area (Å²) in [5.74, 6) is -0.927. The predicted molar refractivity (Wildman–Crippen MR) is 80.2 cm³/mol. The first-order valence-corrected chi connectivity index (χ1v) is 7.79. The SMILES string of the molecule is CC(C)(C)[S@+]([O-])NC(CC(=O)O)c1cccc(Br)c1. The molecular formula is C13H18BrNO3S. The molecule has 2 atom stereocenters. The fraction of sp³-hybridized carbons (Fsp3) is 0.462.